The maximum absolute atomic E-state index is 12.3. The number of nitrogens with one attached hydrogen (secondary N) is 3. The highest BCUT2D eigenvalue weighted by molar-refractivity contribution is 5.91. The summed E-state index contributed by atoms with van der Waals surface area (Å²) in [6, 6.07) is 2.08. The number of aromatic amines is 1. The molecule has 2 unspecified atom stereocenters. The molecule has 0 spiro atoms. The fourth-order valence-electron chi connectivity index (χ4n) is 4.00. The third kappa shape index (κ3) is 6.04. The molecule has 30 heavy (non-hydrogen) atoms. The number of rotatable bonds is 9. The van der Waals surface area contributed by atoms with E-state index in [4.69, 9.17) is 5.11 Å². The number of carbonyl (C=O) groups excluding carboxylic acids is 1. The van der Waals surface area contributed by atoms with Gasteiger partial charge in [0.25, 0.3) is 0 Å². The summed E-state index contributed by atoms with van der Waals surface area (Å²) in [6.07, 6.45) is 6.06. The van der Waals surface area contributed by atoms with E-state index in [2.05, 4.69) is 31.1 Å². The number of carbonyl (C=O) groups is 2. The van der Waals surface area contributed by atoms with E-state index in [1.165, 1.54) is 0 Å². The second kappa shape index (κ2) is 9.73. The van der Waals surface area contributed by atoms with Gasteiger partial charge in [-0.1, -0.05) is 5.21 Å². The third-order valence-corrected chi connectivity index (χ3v) is 5.65. The van der Waals surface area contributed by atoms with Crippen LogP contribution in [0.3, 0.4) is 0 Å². The van der Waals surface area contributed by atoms with Gasteiger partial charge in [-0.05, 0) is 58.8 Å². The third-order valence-electron chi connectivity index (χ3n) is 5.65. The zero-order chi connectivity index (χ0) is 21.7. The normalized spacial score (nSPS) is 19.7. The van der Waals surface area contributed by atoms with E-state index in [9.17, 15) is 9.59 Å². The molecule has 1 aliphatic rings. The minimum atomic E-state index is -0.969. The molecule has 1 fully saturated rings. The fourth-order valence-corrected chi connectivity index (χ4v) is 4.00. The molecular weight excluding hydrogens is 386 g/mol. The summed E-state index contributed by atoms with van der Waals surface area (Å²) in [5.41, 5.74) is 1.66. The molecule has 0 aliphatic heterocycles. The van der Waals surface area contributed by atoms with Crippen LogP contribution in [0, 0.1) is 5.92 Å². The molecular formula is C20H31N7O3. The van der Waals surface area contributed by atoms with Gasteiger partial charge in [0.15, 0.2) is 5.82 Å². The quantitative estimate of drug-likeness (QED) is 0.495. The average Bonchev–Trinajstić information content (AvgIpc) is 3.39. The lowest BCUT2D eigenvalue weighted by atomic mass is 9.96. The lowest BCUT2D eigenvalue weighted by Gasteiger charge is -2.14. The zero-order valence-corrected chi connectivity index (χ0v) is 17.8. The summed E-state index contributed by atoms with van der Waals surface area (Å²) in [4.78, 5) is 23.0. The molecule has 2 heterocycles. The fraction of sp³-hybridized carbons (Fsp3) is 0.650. The summed E-state index contributed by atoms with van der Waals surface area (Å²) >= 11 is 0. The molecule has 0 aromatic carbocycles. The van der Waals surface area contributed by atoms with Crippen LogP contribution in [0.15, 0.2) is 12.3 Å². The Labute approximate surface area is 175 Å². The van der Waals surface area contributed by atoms with E-state index >= 15 is 0 Å². The Morgan fingerprint density at radius 2 is 2.13 bits per heavy atom. The van der Waals surface area contributed by atoms with Crippen LogP contribution >= 0.6 is 0 Å². The number of amides is 2. The van der Waals surface area contributed by atoms with Gasteiger partial charge in [0.05, 0.1) is 12.1 Å². The maximum Gasteiger partial charge on any atom is 0.404 e. The van der Waals surface area contributed by atoms with Crippen molar-refractivity contribution >= 4 is 17.8 Å². The molecule has 1 saturated carbocycles. The van der Waals surface area contributed by atoms with Crippen molar-refractivity contribution in [3.8, 4) is 0 Å². The van der Waals surface area contributed by atoms with Crippen molar-refractivity contribution in [2.24, 2.45) is 5.92 Å². The number of nitrogens with zero attached hydrogens (tertiary/aromatic N) is 4. The lowest BCUT2D eigenvalue weighted by molar-refractivity contribution is -0.115. The first-order valence-electron chi connectivity index (χ1n) is 10.6. The van der Waals surface area contributed by atoms with Crippen molar-refractivity contribution in [1.82, 2.24) is 30.5 Å². The standard InChI is InChI=1S/C20H31N7O3/c1-12(2)27-11-16(23-26-27)9-19(28)22-18-10-17(24-25-18)15-7-6-14(8-15)5-4-13(3)21-20(29)30/h10-15,21H,4-9H2,1-3H3,(H,29,30)(H2,22,24,25,28)/t13-,14?,15?/m0/s1. The molecule has 164 valence electrons. The van der Waals surface area contributed by atoms with E-state index in [0.29, 0.717) is 23.3 Å². The Kier molecular flexibility index (Phi) is 7.07. The van der Waals surface area contributed by atoms with Gasteiger partial charge >= 0.3 is 6.09 Å². The summed E-state index contributed by atoms with van der Waals surface area (Å²) < 4.78 is 1.73. The molecule has 4 N–H and O–H groups in total. The summed E-state index contributed by atoms with van der Waals surface area (Å²) in [5.74, 6) is 1.32. The zero-order valence-electron chi connectivity index (χ0n) is 17.8. The van der Waals surface area contributed by atoms with Gasteiger partial charge in [-0.3, -0.25) is 9.89 Å². The minimum Gasteiger partial charge on any atom is -0.465 e. The van der Waals surface area contributed by atoms with Crippen LogP contribution in [-0.2, 0) is 11.2 Å². The van der Waals surface area contributed by atoms with Crippen LogP contribution in [-0.4, -0.2) is 48.3 Å². The molecule has 0 radical (unpaired) electrons. The van der Waals surface area contributed by atoms with E-state index in [1.54, 1.807) is 10.9 Å². The van der Waals surface area contributed by atoms with Gasteiger partial charge in [-0.25, -0.2) is 9.48 Å². The molecule has 3 atom stereocenters. The molecule has 2 aromatic rings. The van der Waals surface area contributed by atoms with E-state index in [0.717, 1.165) is 37.8 Å². The van der Waals surface area contributed by atoms with Crippen LogP contribution in [0.5, 0.6) is 0 Å². The Hall–Kier alpha value is -2.91. The smallest absolute Gasteiger partial charge is 0.404 e. The Bertz CT molecular complexity index is 860. The Morgan fingerprint density at radius 3 is 2.83 bits per heavy atom. The molecule has 2 amide bonds. The first-order valence-corrected chi connectivity index (χ1v) is 10.6. The maximum atomic E-state index is 12.3. The summed E-state index contributed by atoms with van der Waals surface area (Å²) in [5, 5.41) is 29.4. The number of hydrogen-bond acceptors (Lipinski definition) is 5. The SMILES string of the molecule is CC(C)n1cc(CC(=O)Nc2cc(C3CCC(CC[C@H](C)NC(=O)O)C3)[nH]n2)nn1. The summed E-state index contributed by atoms with van der Waals surface area (Å²) in [7, 11) is 0. The predicted molar refractivity (Wildman–Crippen MR) is 111 cm³/mol. The van der Waals surface area contributed by atoms with Crippen LogP contribution in [0.4, 0.5) is 10.6 Å². The lowest BCUT2D eigenvalue weighted by Crippen LogP contribution is -2.31. The molecule has 10 nitrogen and oxygen atoms in total. The molecule has 0 saturated heterocycles. The number of aromatic nitrogens is 5. The van der Waals surface area contributed by atoms with Crippen molar-refractivity contribution < 1.29 is 14.7 Å². The van der Waals surface area contributed by atoms with Crippen molar-refractivity contribution in [3.05, 3.63) is 23.7 Å². The van der Waals surface area contributed by atoms with Crippen molar-refractivity contribution in [2.75, 3.05) is 5.32 Å². The molecule has 3 rings (SSSR count). The molecule has 2 aromatic heterocycles. The molecule has 0 bridgehead atoms. The van der Waals surface area contributed by atoms with Crippen molar-refractivity contribution in [1.29, 1.82) is 0 Å². The summed E-state index contributed by atoms with van der Waals surface area (Å²) in [6.45, 7) is 5.91. The van der Waals surface area contributed by atoms with E-state index in [1.807, 2.05) is 26.8 Å². The van der Waals surface area contributed by atoms with Gasteiger partial charge in [-0.2, -0.15) is 5.10 Å². The highest BCUT2D eigenvalue weighted by Gasteiger charge is 2.27. The van der Waals surface area contributed by atoms with Gasteiger partial charge in [-0.15, -0.1) is 5.10 Å². The largest absolute Gasteiger partial charge is 0.465 e. The van der Waals surface area contributed by atoms with Crippen molar-refractivity contribution in [2.45, 2.75) is 77.3 Å². The van der Waals surface area contributed by atoms with E-state index < -0.39 is 6.09 Å². The van der Waals surface area contributed by atoms with Crippen LogP contribution in [0.25, 0.3) is 0 Å². The molecule has 10 heteroatoms. The van der Waals surface area contributed by atoms with Crippen molar-refractivity contribution in [3.63, 3.8) is 0 Å². The second-order valence-corrected chi connectivity index (χ2v) is 8.52. The first-order chi connectivity index (χ1) is 14.3. The monoisotopic (exact) mass is 417 g/mol. The highest BCUT2D eigenvalue weighted by atomic mass is 16.4. The number of carboxylic acid groups (broad SMARTS) is 1. The first kappa shape index (κ1) is 21.8. The van der Waals surface area contributed by atoms with Crippen LogP contribution < -0.4 is 10.6 Å². The second-order valence-electron chi connectivity index (χ2n) is 8.52. The number of hydrogen-bond donors (Lipinski definition) is 4. The minimum absolute atomic E-state index is 0.0300. The van der Waals surface area contributed by atoms with Gasteiger partial charge in [0.2, 0.25) is 5.91 Å². The van der Waals surface area contributed by atoms with Gasteiger partial charge in [0, 0.05) is 36.0 Å². The number of H-pyrrole nitrogens is 1. The number of anilines is 1. The van der Waals surface area contributed by atoms with Crippen LogP contribution in [0.2, 0.25) is 0 Å². The predicted octanol–water partition coefficient (Wildman–Crippen LogP) is 3.08. The topological polar surface area (TPSA) is 138 Å². The van der Waals surface area contributed by atoms with E-state index in [-0.39, 0.29) is 24.4 Å². The van der Waals surface area contributed by atoms with Gasteiger partial charge in [0.1, 0.15) is 0 Å². The highest BCUT2D eigenvalue weighted by Crippen LogP contribution is 2.40. The van der Waals surface area contributed by atoms with Crippen LogP contribution in [0.1, 0.15) is 76.2 Å². The van der Waals surface area contributed by atoms with Gasteiger partial charge < -0.3 is 15.7 Å². The average molecular weight is 418 g/mol. The Morgan fingerprint density at radius 1 is 1.33 bits per heavy atom. The Balaban J connectivity index is 1.45. The molecule has 1 aliphatic carbocycles.